The number of morpholine rings is 1. The molecular formula is C15H23N3O2. The zero-order valence-electron chi connectivity index (χ0n) is 12.3. The highest BCUT2D eigenvalue weighted by Crippen LogP contribution is 2.22. The number of benzene rings is 1. The molecule has 2 rings (SSSR count). The van der Waals surface area contributed by atoms with Gasteiger partial charge in [-0.1, -0.05) is 12.1 Å². The minimum Gasteiger partial charge on any atom is -0.397 e. The zero-order chi connectivity index (χ0) is 14.7. The van der Waals surface area contributed by atoms with Gasteiger partial charge in [0.25, 0.3) is 0 Å². The number of nitrogens with one attached hydrogen (secondary N) is 1. The van der Waals surface area contributed by atoms with Crippen LogP contribution in [0.4, 0.5) is 11.4 Å². The van der Waals surface area contributed by atoms with Crippen molar-refractivity contribution in [3.8, 4) is 0 Å². The Morgan fingerprint density at radius 2 is 2.05 bits per heavy atom. The van der Waals surface area contributed by atoms with Gasteiger partial charge in [0.05, 0.1) is 30.1 Å². The quantitative estimate of drug-likeness (QED) is 0.824. The van der Waals surface area contributed by atoms with E-state index in [0.717, 1.165) is 18.7 Å². The molecule has 1 saturated heterocycles. The summed E-state index contributed by atoms with van der Waals surface area (Å²) in [5.74, 6) is -0.0349. The normalized spacial score (nSPS) is 23.6. The van der Waals surface area contributed by atoms with Crippen LogP contribution in [0.25, 0.3) is 0 Å². The van der Waals surface area contributed by atoms with E-state index < -0.39 is 0 Å². The van der Waals surface area contributed by atoms with Crippen molar-refractivity contribution in [2.45, 2.75) is 33.0 Å². The van der Waals surface area contributed by atoms with Gasteiger partial charge in [0.2, 0.25) is 5.91 Å². The molecule has 0 bridgehead atoms. The lowest BCUT2D eigenvalue weighted by Crippen LogP contribution is -2.48. The molecule has 1 aliphatic rings. The molecule has 5 nitrogen and oxygen atoms in total. The van der Waals surface area contributed by atoms with Crippen molar-refractivity contribution in [3.63, 3.8) is 0 Å². The van der Waals surface area contributed by atoms with Crippen LogP contribution in [0.15, 0.2) is 18.2 Å². The number of nitrogens with two attached hydrogens (primary N) is 1. The average molecular weight is 277 g/mol. The SMILES string of the molecule is Cc1cccc(N)c1NC(=O)CN1CC(C)OC(C)C1. The topological polar surface area (TPSA) is 67.6 Å². The number of amides is 1. The lowest BCUT2D eigenvalue weighted by molar-refractivity contribution is -0.121. The summed E-state index contributed by atoms with van der Waals surface area (Å²) in [6, 6.07) is 5.61. The number of anilines is 2. The van der Waals surface area contributed by atoms with Gasteiger partial charge >= 0.3 is 0 Å². The number of hydrogen-bond acceptors (Lipinski definition) is 4. The molecule has 1 fully saturated rings. The van der Waals surface area contributed by atoms with Crippen molar-refractivity contribution in [2.75, 3.05) is 30.7 Å². The van der Waals surface area contributed by atoms with Crippen molar-refractivity contribution in [1.29, 1.82) is 0 Å². The van der Waals surface area contributed by atoms with Gasteiger partial charge in [-0.05, 0) is 32.4 Å². The molecule has 5 heteroatoms. The Kier molecular flexibility index (Phi) is 4.62. The lowest BCUT2D eigenvalue weighted by Gasteiger charge is -2.34. The third-order valence-corrected chi connectivity index (χ3v) is 3.43. The summed E-state index contributed by atoms with van der Waals surface area (Å²) in [5, 5.41) is 2.91. The van der Waals surface area contributed by atoms with Crippen LogP contribution in [0, 0.1) is 6.92 Å². The Hall–Kier alpha value is -1.59. The van der Waals surface area contributed by atoms with Crippen LogP contribution in [-0.2, 0) is 9.53 Å². The van der Waals surface area contributed by atoms with Crippen LogP contribution in [0.5, 0.6) is 0 Å². The first-order valence-corrected chi connectivity index (χ1v) is 6.98. The first kappa shape index (κ1) is 14.8. The number of aryl methyl sites for hydroxylation is 1. The predicted octanol–water partition coefficient (Wildman–Crippen LogP) is 1.62. The molecule has 1 aliphatic heterocycles. The summed E-state index contributed by atoms with van der Waals surface area (Å²) in [4.78, 5) is 14.3. The minimum absolute atomic E-state index is 0.0349. The van der Waals surface area contributed by atoms with E-state index in [1.807, 2.05) is 32.9 Å². The number of carbonyl (C=O) groups excluding carboxylic acids is 1. The van der Waals surface area contributed by atoms with Crippen LogP contribution in [0.2, 0.25) is 0 Å². The highest BCUT2D eigenvalue weighted by molar-refractivity contribution is 5.96. The molecule has 0 radical (unpaired) electrons. The van der Waals surface area contributed by atoms with E-state index >= 15 is 0 Å². The van der Waals surface area contributed by atoms with E-state index in [1.165, 1.54) is 0 Å². The van der Waals surface area contributed by atoms with Gasteiger partial charge in [-0.15, -0.1) is 0 Å². The monoisotopic (exact) mass is 277 g/mol. The van der Waals surface area contributed by atoms with Gasteiger partial charge in [-0.2, -0.15) is 0 Å². The van der Waals surface area contributed by atoms with Gasteiger partial charge in [0, 0.05) is 13.1 Å². The molecule has 1 aromatic rings. The average Bonchev–Trinajstić information content (AvgIpc) is 2.32. The first-order valence-electron chi connectivity index (χ1n) is 6.98. The molecule has 0 saturated carbocycles. The Morgan fingerprint density at radius 3 is 2.65 bits per heavy atom. The van der Waals surface area contributed by atoms with Crippen molar-refractivity contribution >= 4 is 17.3 Å². The molecule has 0 spiro atoms. The summed E-state index contributed by atoms with van der Waals surface area (Å²) in [6.45, 7) is 7.92. The molecular weight excluding hydrogens is 254 g/mol. The fraction of sp³-hybridized carbons (Fsp3) is 0.533. The highest BCUT2D eigenvalue weighted by Gasteiger charge is 2.23. The second-order valence-electron chi connectivity index (χ2n) is 5.54. The van der Waals surface area contributed by atoms with Crippen molar-refractivity contribution < 1.29 is 9.53 Å². The Balaban J connectivity index is 1.95. The van der Waals surface area contributed by atoms with E-state index in [0.29, 0.717) is 17.9 Å². The van der Waals surface area contributed by atoms with Crippen molar-refractivity contribution in [1.82, 2.24) is 4.90 Å². The molecule has 3 N–H and O–H groups in total. The molecule has 1 amide bonds. The van der Waals surface area contributed by atoms with E-state index in [4.69, 9.17) is 10.5 Å². The number of nitrogens with zero attached hydrogens (tertiary/aromatic N) is 1. The maximum atomic E-state index is 12.1. The smallest absolute Gasteiger partial charge is 0.238 e. The molecule has 2 atom stereocenters. The van der Waals surface area contributed by atoms with Gasteiger partial charge in [0.15, 0.2) is 0 Å². The standard InChI is InChI=1S/C15H23N3O2/c1-10-5-4-6-13(16)15(10)17-14(19)9-18-7-11(2)20-12(3)8-18/h4-6,11-12H,7-9,16H2,1-3H3,(H,17,19). The van der Waals surface area contributed by atoms with Crippen LogP contribution in [0.1, 0.15) is 19.4 Å². The number of ether oxygens (including phenoxy) is 1. The van der Waals surface area contributed by atoms with Gasteiger partial charge in [-0.3, -0.25) is 9.69 Å². The molecule has 2 unspecified atom stereocenters. The van der Waals surface area contributed by atoms with Crippen LogP contribution in [0.3, 0.4) is 0 Å². The molecule has 0 aliphatic carbocycles. The van der Waals surface area contributed by atoms with E-state index in [2.05, 4.69) is 10.2 Å². The predicted molar refractivity (Wildman–Crippen MR) is 80.7 cm³/mol. The number of hydrogen-bond donors (Lipinski definition) is 2. The van der Waals surface area contributed by atoms with Crippen LogP contribution in [-0.4, -0.2) is 42.6 Å². The third kappa shape index (κ3) is 3.71. The summed E-state index contributed by atoms with van der Waals surface area (Å²) in [6.07, 6.45) is 0.324. The van der Waals surface area contributed by atoms with E-state index in [-0.39, 0.29) is 18.1 Å². The third-order valence-electron chi connectivity index (χ3n) is 3.43. The summed E-state index contributed by atoms with van der Waals surface area (Å²) in [7, 11) is 0. The van der Waals surface area contributed by atoms with Crippen LogP contribution < -0.4 is 11.1 Å². The molecule has 1 aromatic carbocycles. The fourth-order valence-electron chi connectivity index (χ4n) is 2.66. The molecule has 20 heavy (non-hydrogen) atoms. The lowest BCUT2D eigenvalue weighted by atomic mass is 10.1. The number of carbonyl (C=O) groups is 1. The maximum absolute atomic E-state index is 12.1. The second kappa shape index (κ2) is 6.24. The summed E-state index contributed by atoms with van der Waals surface area (Å²) in [5.41, 5.74) is 8.19. The van der Waals surface area contributed by atoms with Gasteiger partial charge < -0.3 is 15.8 Å². The first-order chi connectivity index (χ1) is 9.45. The summed E-state index contributed by atoms with van der Waals surface area (Å²) < 4.78 is 5.66. The Labute approximate surface area is 120 Å². The Bertz CT molecular complexity index is 460. The Morgan fingerprint density at radius 1 is 1.40 bits per heavy atom. The van der Waals surface area contributed by atoms with E-state index in [1.54, 1.807) is 6.07 Å². The van der Waals surface area contributed by atoms with Crippen molar-refractivity contribution in [3.05, 3.63) is 23.8 Å². The second-order valence-corrected chi connectivity index (χ2v) is 5.54. The maximum Gasteiger partial charge on any atom is 0.238 e. The number of nitrogen functional groups attached to an aromatic ring is 1. The van der Waals surface area contributed by atoms with Gasteiger partial charge in [0.1, 0.15) is 0 Å². The molecule has 1 heterocycles. The minimum atomic E-state index is -0.0349. The number of rotatable bonds is 3. The van der Waals surface area contributed by atoms with E-state index in [9.17, 15) is 4.79 Å². The highest BCUT2D eigenvalue weighted by atomic mass is 16.5. The molecule has 0 aromatic heterocycles. The summed E-state index contributed by atoms with van der Waals surface area (Å²) >= 11 is 0. The number of para-hydroxylation sites is 1. The van der Waals surface area contributed by atoms with Gasteiger partial charge in [-0.25, -0.2) is 0 Å². The molecule has 110 valence electrons. The van der Waals surface area contributed by atoms with Crippen molar-refractivity contribution in [2.24, 2.45) is 0 Å². The largest absolute Gasteiger partial charge is 0.397 e. The zero-order valence-corrected chi connectivity index (χ0v) is 12.3. The fourth-order valence-corrected chi connectivity index (χ4v) is 2.66. The van der Waals surface area contributed by atoms with Crippen LogP contribution >= 0.6 is 0 Å².